The van der Waals surface area contributed by atoms with Gasteiger partial charge in [-0.2, -0.15) is 0 Å². The molecule has 0 amide bonds. The van der Waals surface area contributed by atoms with E-state index in [0.29, 0.717) is 6.10 Å². The van der Waals surface area contributed by atoms with Gasteiger partial charge < -0.3 is 9.47 Å². The third-order valence-electron chi connectivity index (χ3n) is 4.37. The molecule has 1 saturated heterocycles. The van der Waals surface area contributed by atoms with Crippen molar-refractivity contribution >= 4 is 0 Å². The van der Waals surface area contributed by atoms with E-state index in [-0.39, 0.29) is 11.0 Å². The molecular formula is C18H26O2. The van der Waals surface area contributed by atoms with Gasteiger partial charge in [0.1, 0.15) is 5.75 Å². The Morgan fingerprint density at radius 2 is 1.90 bits per heavy atom. The summed E-state index contributed by atoms with van der Waals surface area (Å²) in [6.07, 6.45) is 7.04. The molecule has 1 aromatic rings. The van der Waals surface area contributed by atoms with E-state index in [0.717, 1.165) is 18.6 Å². The van der Waals surface area contributed by atoms with Crippen LogP contribution in [-0.2, 0) is 10.2 Å². The van der Waals surface area contributed by atoms with Gasteiger partial charge in [-0.25, -0.2) is 0 Å². The van der Waals surface area contributed by atoms with Crippen LogP contribution < -0.4 is 4.74 Å². The minimum atomic E-state index is 0.0586. The van der Waals surface area contributed by atoms with Gasteiger partial charge in [0.2, 0.25) is 0 Å². The van der Waals surface area contributed by atoms with E-state index < -0.39 is 0 Å². The molecule has 0 aliphatic carbocycles. The van der Waals surface area contributed by atoms with Crippen molar-refractivity contribution in [3.8, 4) is 5.75 Å². The fraction of sp³-hybridized carbons (Fsp3) is 0.556. The third-order valence-corrected chi connectivity index (χ3v) is 4.37. The van der Waals surface area contributed by atoms with Crippen LogP contribution >= 0.6 is 0 Å². The summed E-state index contributed by atoms with van der Waals surface area (Å²) >= 11 is 0. The van der Waals surface area contributed by atoms with Crippen molar-refractivity contribution in [3.05, 3.63) is 42.0 Å². The molecule has 0 bridgehead atoms. The van der Waals surface area contributed by atoms with Gasteiger partial charge in [-0.3, -0.25) is 0 Å². The summed E-state index contributed by atoms with van der Waals surface area (Å²) in [7, 11) is 1.70. The van der Waals surface area contributed by atoms with Crippen molar-refractivity contribution < 1.29 is 9.47 Å². The molecule has 20 heavy (non-hydrogen) atoms. The lowest BCUT2D eigenvalue weighted by atomic mass is 9.77. The third kappa shape index (κ3) is 3.24. The van der Waals surface area contributed by atoms with E-state index in [1.54, 1.807) is 7.11 Å². The number of benzene rings is 1. The molecule has 0 spiro atoms. The molecule has 0 N–H and O–H groups in total. The Bertz CT molecular complexity index is 473. The Morgan fingerprint density at radius 3 is 2.35 bits per heavy atom. The van der Waals surface area contributed by atoms with Crippen LogP contribution in [0, 0.1) is 0 Å². The zero-order chi connectivity index (χ0) is 14.8. The molecule has 0 saturated carbocycles. The van der Waals surface area contributed by atoms with E-state index in [1.165, 1.54) is 5.56 Å². The molecule has 1 aliphatic heterocycles. The fourth-order valence-electron chi connectivity index (χ4n) is 2.83. The Morgan fingerprint density at radius 1 is 1.30 bits per heavy atom. The molecular weight excluding hydrogens is 248 g/mol. The first-order chi connectivity index (χ1) is 9.41. The molecule has 0 radical (unpaired) electrons. The van der Waals surface area contributed by atoms with Gasteiger partial charge in [0.25, 0.3) is 0 Å². The average Bonchev–Trinajstić information content (AvgIpc) is 3.05. The Hall–Kier alpha value is -1.28. The highest BCUT2D eigenvalue weighted by Gasteiger charge is 2.47. The number of allylic oxidation sites excluding steroid dienone is 2. The largest absolute Gasteiger partial charge is 0.497 e. The zero-order valence-electron chi connectivity index (χ0n) is 13.3. The second-order valence-corrected chi connectivity index (χ2v) is 6.39. The molecule has 1 aliphatic rings. The fourth-order valence-corrected chi connectivity index (χ4v) is 2.83. The summed E-state index contributed by atoms with van der Waals surface area (Å²) in [6, 6.07) is 8.40. The number of hydrogen-bond donors (Lipinski definition) is 0. The van der Waals surface area contributed by atoms with Crippen LogP contribution in [0.2, 0.25) is 0 Å². The first kappa shape index (κ1) is 15.1. The first-order valence-corrected chi connectivity index (χ1v) is 7.37. The van der Waals surface area contributed by atoms with Gasteiger partial charge in [-0.15, -0.1) is 0 Å². The maximum absolute atomic E-state index is 5.71. The van der Waals surface area contributed by atoms with Crippen LogP contribution in [0.15, 0.2) is 36.4 Å². The molecule has 2 rings (SSSR count). The van der Waals surface area contributed by atoms with E-state index in [1.807, 2.05) is 12.1 Å². The van der Waals surface area contributed by atoms with Gasteiger partial charge in [-0.05, 0) is 51.3 Å². The number of epoxide rings is 1. The highest BCUT2D eigenvalue weighted by Crippen LogP contribution is 2.42. The summed E-state index contributed by atoms with van der Waals surface area (Å²) in [5, 5.41) is 0. The smallest absolute Gasteiger partial charge is 0.118 e. The van der Waals surface area contributed by atoms with Crippen LogP contribution in [0.25, 0.3) is 0 Å². The number of hydrogen-bond acceptors (Lipinski definition) is 2. The molecule has 1 fully saturated rings. The Kier molecular flexibility index (Phi) is 4.24. The highest BCUT2D eigenvalue weighted by molar-refractivity contribution is 5.35. The molecule has 2 nitrogen and oxygen atoms in total. The summed E-state index contributed by atoms with van der Waals surface area (Å²) in [5.41, 5.74) is 1.47. The maximum atomic E-state index is 5.71. The lowest BCUT2D eigenvalue weighted by molar-refractivity contribution is 0.313. The second-order valence-electron chi connectivity index (χ2n) is 6.39. The quantitative estimate of drug-likeness (QED) is 0.563. The summed E-state index contributed by atoms with van der Waals surface area (Å²) in [5.74, 6) is 0.906. The second kappa shape index (κ2) is 5.61. The lowest BCUT2D eigenvalue weighted by Gasteiger charge is -2.27. The monoisotopic (exact) mass is 274 g/mol. The number of ether oxygens (including phenoxy) is 2. The standard InChI is InChI=1S/C18H26O2/c1-6-12-18(4,13-11-16-17(2,3)20-16)14-7-9-15(19-5)10-8-14/h6-10,12,16H,11,13H2,1-5H3/b12-6+/t16?,18-/m0/s1. The van der Waals surface area contributed by atoms with Crippen molar-refractivity contribution in [1.29, 1.82) is 0 Å². The van der Waals surface area contributed by atoms with E-state index in [2.05, 4.69) is 52.0 Å². The van der Waals surface area contributed by atoms with Gasteiger partial charge in [0.15, 0.2) is 0 Å². The van der Waals surface area contributed by atoms with Gasteiger partial charge in [0.05, 0.1) is 18.8 Å². The minimum Gasteiger partial charge on any atom is -0.497 e. The van der Waals surface area contributed by atoms with Crippen LogP contribution in [0.3, 0.4) is 0 Å². The Balaban J connectivity index is 2.11. The number of methoxy groups -OCH3 is 1. The van der Waals surface area contributed by atoms with Crippen molar-refractivity contribution in [2.24, 2.45) is 0 Å². The predicted molar refractivity (Wildman–Crippen MR) is 83.3 cm³/mol. The SMILES string of the molecule is C/C=C/[C@@](C)(CCC1OC1(C)C)c1ccc(OC)cc1. The molecule has 0 aromatic heterocycles. The Labute approximate surface area is 122 Å². The summed E-state index contributed by atoms with van der Waals surface area (Å²) < 4.78 is 10.9. The highest BCUT2D eigenvalue weighted by atomic mass is 16.6. The van der Waals surface area contributed by atoms with Gasteiger partial charge >= 0.3 is 0 Å². The lowest BCUT2D eigenvalue weighted by Crippen LogP contribution is -2.20. The van der Waals surface area contributed by atoms with E-state index in [4.69, 9.17) is 9.47 Å². The van der Waals surface area contributed by atoms with Crippen LogP contribution in [-0.4, -0.2) is 18.8 Å². The predicted octanol–water partition coefficient (Wildman–Crippen LogP) is 4.49. The molecule has 1 aromatic carbocycles. The minimum absolute atomic E-state index is 0.0586. The maximum Gasteiger partial charge on any atom is 0.118 e. The molecule has 1 unspecified atom stereocenters. The number of rotatable bonds is 6. The summed E-state index contributed by atoms with van der Waals surface area (Å²) in [6.45, 7) is 8.71. The van der Waals surface area contributed by atoms with Crippen molar-refractivity contribution in [1.82, 2.24) is 0 Å². The van der Waals surface area contributed by atoms with Crippen molar-refractivity contribution in [2.75, 3.05) is 7.11 Å². The molecule has 2 heteroatoms. The van der Waals surface area contributed by atoms with Crippen LogP contribution in [0.5, 0.6) is 5.75 Å². The molecule has 110 valence electrons. The van der Waals surface area contributed by atoms with Crippen molar-refractivity contribution in [2.45, 2.75) is 57.7 Å². The van der Waals surface area contributed by atoms with Crippen LogP contribution in [0.1, 0.15) is 46.1 Å². The normalized spacial score (nSPS) is 23.6. The zero-order valence-corrected chi connectivity index (χ0v) is 13.3. The summed E-state index contributed by atoms with van der Waals surface area (Å²) in [4.78, 5) is 0. The average molecular weight is 274 g/mol. The van der Waals surface area contributed by atoms with E-state index >= 15 is 0 Å². The van der Waals surface area contributed by atoms with Gasteiger partial charge in [0, 0.05) is 5.41 Å². The first-order valence-electron chi connectivity index (χ1n) is 7.37. The van der Waals surface area contributed by atoms with Crippen molar-refractivity contribution in [3.63, 3.8) is 0 Å². The van der Waals surface area contributed by atoms with E-state index in [9.17, 15) is 0 Å². The topological polar surface area (TPSA) is 21.8 Å². The van der Waals surface area contributed by atoms with Gasteiger partial charge in [-0.1, -0.05) is 31.2 Å². The molecule has 2 atom stereocenters. The molecule has 1 heterocycles. The van der Waals surface area contributed by atoms with Crippen LogP contribution in [0.4, 0.5) is 0 Å².